The molecular formula is C13H18BrNS. The Kier molecular flexibility index (Phi) is 3.37. The first-order valence-electron chi connectivity index (χ1n) is 6.31. The summed E-state index contributed by atoms with van der Waals surface area (Å²) in [6.07, 6.45) is 7.01. The van der Waals surface area contributed by atoms with E-state index in [1.807, 2.05) is 11.3 Å². The summed E-state index contributed by atoms with van der Waals surface area (Å²) in [5.41, 5.74) is 0. The van der Waals surface area contributed by atoms with Crippen LogP contribution in [0.3, 0.4) is 0 Å². The van der Waals surface area contributed by atoms with Crippen LogP contribution in [0, 0.1) is 5.92 Å². The van der Waals surface area contributed by atoms with Crippen molar-refractivity contribution in [3.63, 3.8) is 0 Å². The van der Waals surface area contributed by atoms with Crippen molar-refractivity contribution in [1.29, 1.82) is 0 Å². The molecule has 0 radical (unpaired) electrons. The molecule has 0 aromatic carbocycles. The second kappa shape index (κ2) is 4.79. The van der Waals surface area contributed by atoms with E-state index in [1.54, 1.807) is 4.88 Å². The fourth-order valence-electron chi connectivity index (χ4n) is 2.80. The van der Waals surface area contributed by atoms with E-state index in [-0.39, 0.29) is 0 Å². The molecule has 1 nitrogen and oxygen atoms in total. The minimum Gasteiger partial charge on any atom is -0.314 e. The molecule has 2 saturated carbocycles. The average molecular weight is 300 g/mol. The minimum absolute atomic E-state index is 0.806. The Hall–Kier alpha value is 0.140. The van der Waals surface area contributed by atoms with E-state index in [4.69, 9.17) is 0 Å². The molecule has 0 spiro atoms. The second-order valence-electron chi connectivity index (χ2n) is 5.11. The molecule has 1 heterocycles. The van der Waals surface area contributed by atoms with Gasteiger partial charge in [-0.25, -0.2) is 0 Å². The number of hydrogen-bond donors (Lipinski definition) is 1. The van der Waals surface area contributed by atoms with Crippen molar-refractivity contribution in [1.82, 2.24) is 5.32 Å². The van der Waals surface area contributed by atoms with Gasteiger partial charge in [0.1, 0.15) is 0 Å². The van der Waals surface area contributed by atoms with Gasteiger partial charge in [-0.3, -0.25) is 0 Å². The normalized spacial score (nSPS) is 29.8. The Balaban J connectivity index is 1.66. The number of rotatable bonds is 4. The maximum Gasteiger partial charge on any atom is 0.0317 e. The molecule has 2 unspecified atom stereocenters. The van der Waals surface area contributed by atoms with Crippen molar-refractivity contribution in [2.45, 2.75) is 44.1 Å². The Bertz CT molecular complexity index is 359. The van der Waals surface area contributed by atoms with Gasteiger partial charge in [-0.05, 0) is 71.4 Å². The van der Waals surface area contributed by atoms with Crippen LogP contribution >= 0.6 is 27.3 Å². The standard InChI is InChI=1S/C13H18BrNS/c14-12-6-7-16-13(12)11-3-1-2-9(11)8-15-10-4-5-10/h6-7,9-11,15H,1-5,8H2. The number of halogens is 1. The first-order chi connectivity index (χ1) is 7.84. The summed E-state index contributed by atoms with van der Waals surface area (Å²) in [5.74, 6) is 1.68. The molecular weight excluding hydrogens is 282 g/mol. The molecule has 2 fully saturated rings. The fraction of sp³-hybridized carbons (Fsp3) is 0.692. The quantitative estimate of drug-likeness (QED) is 0.881. The Morgan fingerprint density at radius 2 is 2.19 bits per heavy atom. The zero-order chi connectivity index (χ0) is 11.0. The fourth-order valence-corrected chi connectivity index (χ4v) is 4.70. The molecule has 1 aromatic heterocycles. The van der Waals surface area contributed by atoms with Crippen LogP contribution < -0.4 is 5.32 Å². The molecule has 88 valence electrons. The van der Waals surface area contributed by atoms with Crippen molar-refractivity contribution < 1.29 is 0 Å². The molecule has 0 aliphatic heterocycles. The summed E-state index contributed by atoms with van der Waals surface area (Å²) in [6, 6.07) is 3.05. The molecule has 2 atom stereocenters. The van der Waals surface area contributed by atoms with Crippen molar-refractivity contribution >= 4 is 27.3 Å². The van der Waals surface area contributed by atoms with Crippen molar-refractivity contribution in [2.75, 3.05) is 6.54 Å². The van der Waals surface area contributed by atoms with Gasteiger partial charge < -0.3 is 5.32 Å². The lowest BCUT2D eigenvalue weighted by Gasteiger charge is -2.19. The Morgan fingerprint density at radius 1 is 1.31 bits per heavy atom. The lowest BCUT2D eigenvalue weighted by Crippen LogP contribution is -2.26. The highest BCUT2D eigenvalue weighted by atomic mass is 79.9. The van der Waals surface area contributed by atoms with Crippen LogP contribution in [0.25, 0.3) is 0 Å². The molecule has 0 saturated heterocycles. The van der Waals surface area contributed by atoms with Gasteiger partial charge >= 0.3 is 0 Å². The molecule has 3 rings (SSSR count). The molecule has 2 aliphatic rings. The summed E-state index contributed by atoms with van der Waals surface area (Å²) in [4.78, 5) is 1.58. The van der Waals surface area contributed by atoms with Gasteiger partial charge in [-0.1, -0.05) is 6.42 Å². The molecule has 1 aromatic rings. The Morgan fingerprint density at radius 3 is 2.88 bits per heavy atom. The predicted molar refractivity (Wildman–Crippen MR) is 73.1 cm³/mol. The van der Waals surface area contributed by atoms with Crippen molar-refractivity contribution in [3.05, 3.63) is 20.8 Å². The van der Waals surface area contributed by atoms with E-state index in [0.29, 0.717) is 0 Å². The van der Waals surface area contributed by atoms with E-state index in [1.165, 1.54) is 43.1 Å². The lowest BCUT2D eigenvalue weighted by atomic mass is 9.94. The van der Waals surface area contributed by atoms with Gasteiger partial charge in [-0.15, -0.1) is 11.3 Å². The van der Waals surface area contributed by atoms with Gasteiger partial charge in [-0.2, -0.15) is 0 Å². The van der Waals surface area contributed by atoms with Gasteiger partial charge in [0.05, 0.1) is 0 Å². The molecule has 0 bridgehead atoms. The van der Waals surface area contributed by atoms with Crippen LogP contribution in [0.15, 0.2) is 15.9 Å². The highest BCUT2D eigenvalue weighted by molar-refractivity contribution is 9.10. The third-order valence-electron chi connectivity index (χ3n) is 3.89. The van der Waals surface area contributed by atoms with Crippen LogP contribution in [-0.2, 0) is 0 Å². The third kappa shape index (κ3) is 2.36. The number of nitrogens with one attached hydrogen (secondary N) is 1. The van der Waals surface area contributed by atoms with E-state index in [9.17, 15) is 0 Å². The molecule has 2 aliphatic carbocycles. The first-order valence-corrected chi connectivity index (χ1v) is 7.98. The number of thiophene rings is 1. The maximum absolute atomic E-state index is 3.70. The third-order valence-corrected chi connectivity index (χ3v) is 5.89. The van der Waals surface area contributed by atoms with Crippen molar-refractivity contribution in [2.24, 2.45) is 5.92 Å². The first kappa shape index (κ1) is 11.2. The zero-order valence-electron chi connectivity index (χ0n) is 9.42. The van der Waals surface area contributed by atoms with E-state index in [2.05, 4.69) is 32.7 Å². The average Bonchev–Trinajstić information content (AvgIpc) is 2.83. The monoisotopic (exact) mass is 299 g/mol. The van der Waals surface area contributed by atoms with Gasteiger partial charge in [0.25, 0.3) is 0 Å². The highest BCUT2D eigenvalue weighted by Crippen LogP contribution is 2.44. The largest absolute Gasteiger partial charge is 0.314 e. The molecule has 3 heteroatoms. The topological polar surface area (TPSA) is 12.0 Å². The Labute approximate surface area is 110 Å². The molecule has 1 N–H and O–H groups in total. The SMILES string of the molecule is Brc1ccsc1C1CCCC1CNC1CC1. The second-order valence-corrected chi connectivity index (χ2v) is 6.91. The summed E-state index contributed by atoms with van der Waals surface area (Å²) in [7, 11) is 0. The van der Waals surface area contributed by atoms with E-state index in [0.717, 1.165) is 17.9 Å². The van der Waals surface area contributed by atoms with E-state index >= 15 is 0 Å². The van der Waals surface area contributed by atoms with Gasteiger partial charge in [0.15, 0.2) is 0 Å². The van der Waals surface area contributed by atoms with Gasteiger partial charge in [0, 0.05) is 15.4 Å². The minimum atomic E-state index is 0.806. The van der Waals surface area contributed by atoms with Crippen LogP contribution in [0.2, 0.25) is 0 Å². The highest BCUT2D eigenvalue weighted by Gasteiger charge is 2.32. The zero-order valence-corrected chi connectivity index (χ0v) is 11.8. The lowest BCUT2D eigenvalue weighted by molar-refractivity contribution is 0.446. The summed E-state index contributed by atoms with van der Waals surface area (Å²) in [6.45, 7) is 1.24. The summed E-state index contributed by atoms with van der Waals surface area (Å²) in [5, 5.41) is 5.91. The smallest absolute Gasteiger partial charge is 0.0317 e. The van der Waals surface area contributed by atoms with Gasteiger partial charge in [0.2, 0.25) is 0 Å². The molecule has 0 amide bonds. The predicted octanol–water partition coefficient (Wildman–Crippen LogP) is 4.15. The van der Waals surface area contributed by atoms with Crippen molar-refractivity contribution in [3.8, 4) is 0 Å². The van der Waals surface area contributed by atoms with E-state index < -0.39 is 0 Å². The van der Waals surface area contributed by atoms with Crippen LogP contribution in [-0.4, -0.2) is 12.6 Å². The molecule has 16 heavy (non-hydrogen) atoms. The van der Waals surface area contributed by atoms with Crippen LogP contribution in [0.4, 0.5) is 0 Å². The number of hydrogen-bond acceptors (Lipinski definition) is 2. The summed E-state index contributed by atoms with van der Waals surface area (Å²) >= 11 is 5.61. The summed E-state index contributed by atoms with van der Waals surface area (Å²) < 4.78 is 1.33. The van der Waals surface area contributed by atoms with Crippen LogP contribution in [0.1, 0.15) is 42.9 Å². The maximum atomic E-state index is 3.70. The van der Waals surface area contributed by atoms with Crippen LogP contribution in [0.5, 0.6) is 0 Å².